The molecule has 2 rings (SSSR count). The average molecular weight is 180 g/mol. The van der Waals surface area contributed by atoms with Crippen molar-refractivity contribution < 1.29 is 0 Å². The number of hydrogen-bond acceptors (Lipinski definition) is 3. The molecule has 2 heterocycles. The second kappa shape index (κ2) is 3.87. The Hall–Kier alpha value is -0.900. The summed E-state index contributed by atoms with van der Waals surface area (Å²) >= 11 is 0. The van der Waals surface area contributed by atoms with Gasteiger partial charge in [0, 0.05) is 13.0 Å². The SMILES string of the molecule is CCCNCc1nnc2n1CCC2. The number of aromatic nitrogens is 3. The lowest BCUT2D eigenvalue weighted by Gasteiger charge is -2.03. The molecule has 1 aliphatic rings. The fraction of sp³-hybridized carbons (Fsp3) is 0.778. The maximum absolute atomic E-state index is 4.16. The molecule has 1 aliphatic heterocycles. The van der Waals surface area contributed by atoms with E-state index in [0.717, 1.165) is 37.7 Å². The van der Waals surface area contributed by atoms with Crippen LogP contribution >= 0.6 is 0 Å². The van der Waals surface area contributed by atoms with Crippen LogP contribution in [0.2, 0.25) is 0 Å². The molecule has 0 saturated heterocycles. The summed E-state index contributed by atoms with van der Waals surface area (Å²) < 4.78 is 2.24. The molecule has 0 spiro atoms. The van der Waals surface area contributed by atoms with E-state index in [1.165, 1.54) is 12.8 Å². The molecule has 1 aromatic heterocycles. The van der Waals surface area contributed by atoms with Gasteiger partial charge in [-0.1, -0.05) is 6.92 Å². The summed E-state index contributed by atoms with van der Waals surface area (Å²) in [6.45, 7) is 5.19. The van der Waals surface area contributed by atoms with Gasteiger partial charge in [0.15, 0.2) is 0 Å². The van der Waals surface area contributed by atoms with Crippen LogP contribution < -0.4 is 5.32 Å². The molecule has 1 N–H and O–H groups in total. The summed E-state index contributed by atoms with van der Waals surface area (Å²) in [5, 5.41) is 11.7. The van der Waals surface area contributed by atoms with Crippen LogP contribution in [0.15, 0.2) is 0 Å². The number of fused-ring (bicyclic) bond motifs is 1. The van der Waals surface area contributed by atoms with Gasteiger partial charge in [-0.25, -0.2) is 0 Å². The zero-order valence-electron chi connectivity index (χ0n) is 8.08. The van der Waals surface area contributed by atoms with Crippen molar-refractivity contribution >= 4 is 0 Å². The molecule has 4 nitrogen and oxygen atoms in total. The fourth-order valence-electron chi connectivity index (χ4n) is 1.72. The number of nitrogens with zero attached hydrogens (tertiary/aromatic N) is 3. The van der Waals surface area contributed by atoms with Gasteiger partial charge in [0.1, 0.15) is 11.6 Å². The molecular formula is C9H16N4. The largest absolute Gasteiger partial charge is 0.314 e. The van der Waals surface area contributed by atoms with E-state index in [4.69, 9.17) is 0 Å². The van der Waals surface area contributed by atoms with Crippen molar-refractivity contribution in [3.8, 4) is 0 Å². The highest BCUT2D eigenvalue weighted by Crippen LogP contribution is 2.13. The highest BCUT2D eigenvalue weighted by atomic mass is 15.3. The van der Waals surface area contributed by atoms with Crippen molar-refractivity contribution in [2.24, 2.45) is 0 Å². The Morgan fingerprint density at radius 2 is 2.38 bits per heavy atom. The second-order valence-corrected chi connectivity index (χ2v) is 3.46. The molecule has 72 valence electrons. The van der Waals surface area contributed by atoms with E-state index in [1.807, 2.05) is 0 Å². The molecule has 0 aliphatic carbocycles. The third kappa shape index (κ3) is 1.72. The minimum Gasteiger partial charge on any atom is -0.314 e. The minimum absolute atomic E-state index is 0.862. The summed E-state index contributed by atoms with van der Waals surface area (Å²) in [5.41, 5.74) is 0. The molecule has 0 unspecified atom stereocenters. The number of nitrogens with one attached hydrogen (secondary N) is 1. The Morgan fingerprint density at radius 1 is 1.46 bits per heavy atom. The van der Waals surface area contributed by atoms with Gasteiger partial charge in [0.25, 0.3) is 0 Å². The quantitative estimate of drug-likeness (QED) is 0.694. The van der Waals surface area contributed by atoms with Gasteiger partial charge >= 0.3 is 0 Å². The van der Waals surface area contributed by atoms with E-state index < -0.39 is 0 Å². The third-order valence-corrected chi connectivity index (χ3v) is 2.40. The van der Waals surface area contributed by atoms with Crippen LogP contribution in [0, 0.1) is 0 Å². The van der Waals surface area contributed by atoms with Gasteiger partial charge in [-0.15, -0.1) is 10.2 Å². The maximum atomic E-state index is 4.16. The first-order valence-corrected chi connectivity index (χ1v) is 5.03. The Morgan fingerprint density at radius 3 is 3.23 bits per heavy atom. The van der Waals surface area contributed by atoms with E-state index in [1.54, 1.807) is 0 Å². The molecule has 4 heteroatoms. The Labute approximate surface area is 78.4 Å². The van der Waals surface area contributed by atoms with Crippen LogP contribution in [0.4, 0.5) is 0 Å². The minimum atomic E-state index is 0.862. The molecule has 1 aromatic rings. The van der Waals surface area contributed by atoms with Crippen molar-refractivity contribution in [2.45, 2.75) is 39.3 Å². The first-order chi connectivity index (χ1) is 6.42. The Kier molecular flexibility index (Phi) is 2.59. The monoisotopic (exact) mass is 180 g/mol. The van der Waals surface area contributed by atoms with E-state index in [-0.39, 0.29) is 0 Å². The van der Waals surface area contributed by atoms with Gasteiger partial charge in [0.05, 0.1) is 6.54 Å². The predicted octanol–water partition coefficient (Wildman–Crippen LogP) is 0.724. The smallest absolute Gasteiger partial charge is 0.147 e. The first-order valence-electron chi connectivity index (χ1n) is 5.03. The lowest BCUT2D eigenvalue weighted by Crippen LogP contribution is -2.17. The van der Waals surface area contributed by atoms with E-state index in [0.29, 0.717) is 0 Å². The summed E-state index contributed by atoms with van der Waals surface area (Å²) in [5.74, 6) is 2.26. The standard InChI is InChI=1S/C9H16N4/c1-2-5-10-7-9-12-11-8-4-3-6-13(8)9/h10H,2-7H2,1H3. The molecule has 0 atom stereocenters. The second-order valence-electron chi connectivity index (χ2n) is 3.46. The van der Waals surface area contributed by atoms with Gasteiger partial charge in [-0.05, 0) is 19.4 Å². The Balaban J connectivity index is 1.96. The molecule has 0 saturated carbocycles. The van der Waals surface area contributed by atoms with Crippen molar-refractivity contribution in [3.05, 3.63) is 11.6 Å². The summed E-state index contributed by atoms with van der Waals surface area (Å²) in [6, 6.07) is 0. The van der Waals surface area contributed by atoms with Gasteiger partial charge in [-0.3, -0.25) is 0 Å². The highest BCUT2D eigenvalue weighted by molar-refractivity contribution is 5.00. The van der Waals surface area contributed by atoms with Crippen LogP contribution in [0.3, 0.4) is 0 Å². The predicted molar refractivity (Wildman–Crippen MR) is 50.3 cm³/mol. The molecule has 0 amide bonds. The van der Waals surface area contributed by atoms with Crippen molar-refractivity contribution in [2.75, 3.05) is 6.54 Å². The number of rotatable bonds is 4. The average Bonchev–Trinajstić information content (AvgIpc) is 2.68. The molecule has 0 aromatic carbocycles. The normalized spacial score (nSPS) is 14.8. The van der Waals surface area contributed by atoms with Crippen LogP contribution in [-0.4, -0.2) is 21.3 Å². The first kappa shape index (κ1) is 8.69. The summed E-state index contributed by atoms with van der Waals surface area (Å²) in [6.07, 6.45) is 3.49. The van der Waals surface area contributed by atoms with E-state index in [9.17, 15) is 0 Å². The van der Waals surface area contributed by atoms with Crippen molar-refractivity contribution in [1.82, 2.24) is 20.1 Å². The van der Waals surface area contributed by atoms with Crippen LogP contribution in [0.1, 0.15) is 31.4 Å². The van der Waals surface area contributed by atoms with Gasteiger partial charge in [-0.2, -0.15) is 0 Å². The van der Waals surface area contributed by atoms with E-state index in [2.05, 4.69) is 27.0 Å². The van der Waals surface area contributed by atoms with Crippen molar-refractivity contribution in [1.29, 1.82) is 0 Å². The zero-order chi connectivity index (χ0) is 9.10. The maximum Gasteiger partial charge on any atom is 0.147 e. The highest BCUT2D eigenvalue weighted by Gasteiger charge is 2.16. The van der Waals surface area contributed by atoms with Gasteiger partial charge in [0.2, 0.25) is 0 Å². The van der Waals surface area contributed by atoms with Crippen LogP contribution in [-0.2, 0) is 19.5 Å². The summed E-state index contributed by atoms with van der Waals surface area (Å²) in [7, 11) is 0. The molecule has 0 fully saturated rings. The number of hydrogen-bond donors (Lipinski definition) is 1. The van der Waals surface area contributed by atoms with Crippen LogP contribution in [0.5, 0.6) is 0 Å². The summed E-state index contributed by atoms with van der Waals surface area (Å²) in [4.78, 5) is 0. The zero-order valence-corrected chi connectivity index (χ0v) is 8.08. The molecule has 0 bridgehead atoms. The number of aryl methyl sites for hydroxylation is 1. The fourth-order valence-corrected chi connectivity index (χ4v) is 1.72. The van der Waals surface area contributed by atoms with Crippen molar-refractivity contribution in [3.63, 3.8) is 0 Å². The molecular weight excluding hydrogens is 164 g/mol. The van der Waals surface area contributed by atoms with Crippen LogP contribution in [0.25, 0.3) is 0 Å². The van der Waals surface area contributed by atoms with E-state index >= 15 is 0 Å². The lowest BCUT2D eigenvalue weighted by molar-refractivity contribution is 0.605. The Bertz CT molecular complexity index is 279. The third-order valence-electron chi connectivity index (χ3n) is 2.40. The van der Waals surface area contributed by atoms with Gasteiger partial charge < -0.3 is 9.88 Å². The topological polar surface area (TPSA) is 42.7 Å². The molecule has 0 radical (unpaired) electrons. The molecule has 13 heavy (non-hydrogen) atoms. The lowest BCUT2D eigenvalue weighted by atomic mass is 10.4.